The van der Waals surface area contributed by atoms with E-state index in [1.54, 1.807) is 0 Å². The average Bonchev–Trinajstić information content (AvgIpc) is 2.68. The third kappa shape index (κ3) is 2.27. The highest BCUT2D eigenvalue weighted by atomic mass is 16.5. The normalized spacial score (nSPS) is 44.8. The summed E-state index contributed by atoms with van der Waals surface area (Å²) in [6.45, 7) is 1.56. The van der Waals surface area contributed by atoms with E-state index in [-0.39, 0.29) is 0 Å². The van der Waals surface area contributed by atoms with E-state index in [9.17, 15) is 5.11 Å². The Morgan fingerprint density at radius 3 is 2.38 bits per heavy atom. The van der Waals surface area contributed by atoms with Gasteiger partial charge in [0, 0.05) is 12.1 Å². The summed E-state index contributed by atoms with van der Waals surface area (Å²) in [4.78, 5) is 0. The quantitative estimate of drug-likeness (QED) is 0.747. The second-order valence-corrected chi connectivity index (χ2v) is 6.09. The molecule has 2 N–H and O–H groups in total. The molecule has 3 nitrogen and oxygen atoms in total. The van der Waals surface area contributed by atoms with E-state index in [2.05, 4.69) is 5.32 Å². The zero-order valence-corrected chi connectivity index (χ0v) is 9.95. The Bertz CT molecular complexity index is 238. The van der Waals surface area contributed by atoms with Gasteiger partial charge in [0.05, 0.1) is 18.8 Å². The lowest BCUT2D eigenvalue weighted by Crippen LogP contribution is -2.60. The van der Waals surface area contributed by atoms with Crippen LogP contribution < -0.4 is 5.32 Å². The SMILES string of the molecule is OC1(CC2CCCC2)CC2COCC(C1)N2. The number of rotatable bonds is 2. The number of hydrogen-bond acceptors (Lipinski definition) is 3. The Hall–Kier alpha value is -0.120. The van der Waals surface area contributed by atoms with Crippen LogP contribution in [0.3, 0.4) is 0 Å². The summed E-state index contributed by atoms with van der Waals surface area (Å²) in [6.07, 6.45) is 8.22. The highest BCUT2D eigenvalue weighted by Crippen LogP contribution is 2.38. The van der Waals surface area contributed by atoms with Gasteiger partial charge in [0.2, 0.25) is 0 Å². The van der Waals surface area contributed by atoms with E-state index in [0.29, 0.717) is 12.1 Å². The molecular weight excluding hydrogens is 202 g/mol. The van der Waals surface area contributed by atoms with E-state index < -0.39 is 5.60 Å². The average molecular weight is 225 g/mol. The number of piperidine rings is 1. The molecule has 2 bridgehead atoms. The first-order valence-corrected chi connectivity index (χ1v) is 6.80. The number of hydrogen-bond donors (Lipinski definition) is 2. The second-order valence-electron chi connectivity index (χ2n) is 6.09. The summed E-state index contributed by atoms with van der Waals surface area (Å²) < 4.78 is 5.53. The third-order valence-corrected chi connectivity index (χ3v) is 4.51. The van der Waals surface area contributed by atoms with E-state index in [4.69, 9.17) is 4.74 Å². The minimum absolute atomic E-state index is 0.388. The predicted octanol–water partition coefficient (Wildman–Crippen LogP) is 1.45. The Balaban J connectivity index is 1.63. The fraction of sp³-hybridized carbons (Fsp3) is 1.00. The molecule has 0 spiro atoms. The minimum atomic E-state index is -0.403. The van der Waals surface area contributed by atoms with Crippen LogP contribution in [-0.4, -0.2) is 36.0 Å². The van der Waals surface area contributed by atoms with E-state index in [1.807, 2.05) is 0 Å². The van der Waals surface area contributed by atoms with Crippen molar-refractivity contribution in [2.45, 2.75) is 62.6 Å². The standard InChI is InChI=1S/C13H23NO2/c15-13(5-10-3-1-2-4-10)6-11-8-16-9-12(7-13)14-11/h10-12,14-15H,1-9H2. The first-order valence-electron chi connectivity index (χ1n) is 6.80. The summed E-state index contributed by atoms with van der Waals surface area (Å²) in [5.74, 6) is 0.782. The van der Waals surface area contributed by atoms with Crippen LogP contribution in [0.4, 0.5) is 0 Å². The molecular formula is C13H23NO2. The molecule has 2 aliphatic heterocycles. The van der Waals surface area contributed by atoms with Crippen molar-refractivity contribution in [3.8, 4) is 0 Å². The van der Waals surface area contributed by atoms with Crippen molar-refractivity contribution in [1.29, 1.82) is 0 Å². The van der Waals surface area contributed by atoms with Crippen molar-refractivity contribution in [2.24, 2.45) is 5.92 Å². The topological polar surface area (TPSA) is 41.5 Å². The van der Waals surface area contributed by atoms with Gasteiger partial charge in [-0.05, 0) is 25.2 Å². The maximum absolute atomic E-state index is 10.7. The molecule has 3 rings (SSSR count). The van der Waals surface area contributed by atoms with Crippen LogP contribution in [0.5, 0.6) is 0 Å². The summed E-state index contributed by atoms with van der Waals surface area (Å²) >= 11 is 0. The van der Waals surface area contributed by atoms with E-state index in [0.717, 1.165) is 38.4 Å². The van der Waals surface area contributed by atoms with Gasteiger partial charge in [0.15, 0.2) is 0 Å². The Morgan fingerprint density at radius 2 is 1.75 bits per heavy atom. The van der Waals surface area contributed by atoms with Gasteiger partial charge in [-0.3, -0.25) is 0 Å². The molecule has 2 unspecified atom stereocenters. The number of nitrogens with one attached hydrogen (secondary N) is 1. The van der Waals surface area contributed by atoms with Crippen LogP contribution >= 0.6 is 0 Å². The van der Waals surface area contributed by atoms with Crippen LogP contribution in [0, 0.1) is 5.92 Å². The van der Waals surface area contributed by atoms with Gasteiger partial charge in [-0.15, -0.1) is 0 Å². The monoisotopic (exact) mass is 225 g/mol. The lowest BCUT2D eigenvalue weighted by molar-refractivity contribution is -0.0864. The lowest BCUT2D eigenvalue weighted by atomic mass is 9.77. The Morgan fingerprint density at radius 1 is 1.12 bits per heavy atom. The minimum Gasteiger partial charge on any atom is -0.390 e. The fourth-order valence-electron chi connectivity index (χ4n) is 3.94. The molecule has 92 valence electrons. The van der Waals surface area contributed by atoms with Gasteiger partial charge in [0.25, 0.3) is 0 Å². The number of ether oxygens (including phenoxy) is 1. The zero-order chi connectivity index (χ0) is 11.0. The van der Waals surface area contributed by atoms with E-state index >= 15 is 0 Å². The van der Waals surface area contributed by atoms with Gasteiger partial charge in [-0.25, -0.2) is 0 Å². The molecule has 1 aliphatic carbocycles. The first kappa shape index (κ1) is 11.0. The molecule has 3 heteroatoms. The van der Waals surface area contributed by atoms with Crippen molar-refractivity contribution < 1.29 is 9.84 Å². The molecule has 0 amide bonds. The van der Waals surface area contributed by atoms with Gasteiger partial charge >= 0.3 is 0 Å². The van der Waals surface area contributed by atoms with Gasteiger partial charge in [-0.2, -0.15) is 0 Å². The van der Waals surface area contributed by atoms with Crippen LogP contribution in [-0.2, 0) is 4.74 Å². The number of morpholine rings is 1. The first-order chi connectivity index (χ1) is 7.73. The summed E-state index contributed by atoms with van der Waals surface area (Å²) in [6, 6.07) is 0.776. The molecule has 2 heterocycles. The molecule has 2 atom stereocenters. The van der Waals surface area contributed by atoms with Crippen molar-refractivity contribution >= 4 is 0 Å². The summed E-state index contributed by atoms with van der Waals surface area (Å²) in [7, 11) is 0. The molecule has 3 aliphatic rings. The molecule has 1 saturated carbocycles. The smallest absolute Gasteiger partial charge is 0.0681 e. The molecule has 0 aromatic carbocycles. The Labute approximate surface area is 97.6 Å². The number of fused-ring (bicyclic) bond motifs is 2. The maximum Gasteiger partial charge on any atom is 0.0681 e. The highest BCUT2D eigenvalue weighted by molar-refractivity contribution is 4.98. The highest BCUT2D eigenvalue weighted by Gasteiger charge is 2.42. The van der Waals surface area contributed by atoms with E-state index in [1.165, 1.54) is 25.7 Å². The molecule has 0 aromatic rings. The molecule has 16 heavy (non-hydrogen) atoms. The molecule has 0 radical (unpaired) electrons. The van der Waals surface area contributed by atoms with Crippen LogP contribution in [0.1, 0.15) is 44.9 Å². The van der Waals surface area contributed by atoms with Crippen molar-refractivity contribution in [3.63, 3.8) is 0 Å². The van der Waals surface area contributed by atoms with Gasteiger partial charge in [0.1, 0.15) is 0 Å². The maximum atomic E-state index is 10.7. The molecule has 0 aromatic heterocycles. The number of aliphatic hydroxyl groups is 1. The van der Waals surface area contributed by atoms with Crippen molar-refractivity contribution in [3.05, 3.63) is 0 Å². The Kier molecular flexibility index (Phi) is 2.94. The second kappa shape index (κ2) is 4.28. The van der Waals surface area contributed by atoms with Gasteiger partial charge < -0.3 is 15.2 Å². The van der Waals surface area contributed by atoms with Crippen molar-refractivity contribution in [1.82, 2.24) is 5.32 Å². The zero-order valence-electron chi connectivity index (χ0n) is 9.95. The summed E-state index contributed by atoms with van der Waals surface area (Å²) in [5.41, 5.74) is -0.403. The molecule has 2 saturated heterocycles. The third-order valence-electron chi connectivity index (χ3n) is 4.51. The molecule has 3 fully saturated rings. The lowest BCUT2D eigenvalue weighted by Gasteiger charge is -2.45. The van der Waals surface area contributed by atoms with Gasteiger partial charge in [-0.1, -0.05) is 25.7 Å². The summed E-state index contributed by atoms with van der Waals surface area (Å²) in [5, 5.41) is 14.3. The van der Waals surface area contributed by atoms with Crippen LogP contribution in [0.2, 0.25) is 0 Å². The largest absolute Gasteiger partial charge is 0.390 e. The fourth-order valence-corrected chi connectivity index (χ4v) is 3.94. The van der Waals surface area contributed by atoms with Crippen molar-refractivity contribution in [2.75, 3.05) is 13.2 Å². The predicted molar refractivity (Wildman–Crippen MR) is 62.3 cm³/mol. The van der Waals surface area contributed by atoms with Crippen LogP contribution in [0.15, 0.2) is 0 Å². The van der Waals surface area contributed by atoms with Crippen LogP contribution in [0.25, 0.3) is 0 Å².